The molecule has 14 rings (SSSR count). The minimum Gasteiger partial charge on any atom is -0.455 e. The van der Waals surface area contributed by atoms with Crippen LogP contribution in [0.1, 0.15) is 50.1 Å². The van der Waals surface area contributed by atoms with E-state index in [1.807, 2.05) is 0 Å². The fourth-order valence-electron chi connectivity index (χ4n) is 12.0. The first-order valence-corrected chi connectivity index (χ1v) is 23.1. The maximum Gasteiger partial charge on any atom is 0.145 e. The van der Waals surface area contributed by atoms with Gasteiger partial charge in [0.1, 0.15) is 11.2 Å². The van der Waals surface area contributed by atoms with Crippen LogP contribution in [0.4, 0.5) is 34.1 Å². The minimum absolute atomic E-state index is 0.691. The van der Waals surface area contributed by atoms with Gasteiger partial charge in [0.2, 0.25) is 0 Å². The van der Waals surface area contributed by atoms with Gasteiger partial charge in [-0.2, -0.15) is 0 Å². The molecule has 0 aliphatic heterocycles. The second-order valence-corrected chi connectivity index (χ2v) is 18.4. The zero-order valence-corrected chi connectivity index (χ0v) is 37.1. The van der Waals surface area contributed by atoms with E-state index in [-0.39, 0.29) is 0 Å². The van der Waals surface area contributed by atoms with Gasteiger partial charge in [-0.1, -0.05) is 158 Å². The van der Waals surface area contributed by atoms with E-state index in [9.17, 15) is 0 Å². The van der Waals surface area contributed by atoms with Crippen LogP contribution >= 0.6 is 0 Å². The molecule has 1 spiro atoms. The van der Waals surface area contributed by atoms with E-state index in [0.717, 1.165) is 51.1 Å². The smallest absolute Gasteiger partial charge is 0.145 e. The highest BCUT2D eigenvalue weighted by Gasteiger charge is 2.54. The van der Waals surface area contributed by atoms with Crippen LogP contribution in [0.15, 0.2) is 205 Å². The number of fused-ring (bicyclic) bond motifs is 17. The van der Waals surface area contributed by atoms with Gasteiger partial charge in [0, 0.05) is 45.5 Å². The molecular formula is C63H44N2O. The average Bonchev–Trinajstić information content (AvgIpc) is 3.86. The molecule has 3 aliphatic rings. The quantitative estimate of drug-likeness (QED) is 0.166. The number of benzene rings is 10. The number of hydrogen-bond acceptors (Lipinski definition) is 3. The lowest BCUT2D eigenvalue weighted by Gasteiger charge is -2.34. The summed E-state index contributed by atoms with van der Waals surface area (Å²) in [7, 11) is 0. The lowest BCUT2D eigenvalue weighted by atomic mass is 9.70. The zero-order chi connectivity index (χ0) is 43.8. The van der Waals surface area contributed by atoms with E-state index in [1.54, 1.807) is 0 Å². The van der Waals surface area contributed by atoms with Crippen molar-refractivity contribution in [3.8, 4) is 22.3 Å². The van der Waals surface area contributed by atoms with E-state index in [1.165, 1.54) is 94.5 Å². The molecule has 3 nitrogen and oxygen atoms in total. The zero-order valence-electron chi connectivity index (χ0n) is 37.1. The van der Waals surface area contributed by atoms with Crippen molar-refractivity contribution >= 4 is 66.8 Å². The first-order chi connectivity index (χ1) is 32.5. The number of para-hydroxylation sites is 4. The summed E-state index contributed by atoms with van der Waals surface area (Å²) in [5.41, 5.74) is 24.6. The first-order valence-electron chi connectivity index (χ1n) is 23.1. The summed E-state index contributed by atoms with van der Waals surface area (Å²) in [5, 5.41) is 4.63. The number of aryl methyl sites for hydroxylation is 3. The van der Waals surface area contributed by atoms with Gasteiger partial charge in [-0.05, 0) is 135 Å². The van der Waals surface area contributed by atoms with Crippen molar-refractivity contribution in [2.24, 2.45) is 0 Å². The molecule has 11 aromatic rings. The number of rotatable bonds is 6. The highest BCUT2D eigenvalue weighted by molar-refractivity contribution is 6.23. The Morgan fingerprint density at radius 1 is 0.394 bits per heavy atom. The second kappa shape index (κ2) is 13.7. The summed E-state index contributed by atoms with van der Waals surface area (Å²) in [6.07, 6.45) is 0.994. The van der Waals surface area contributed by atoms with E-state index >= 15 is 0 Å². The fourth-order valence-corrected chi connectivity index (χ4v) is 12.0. The Morgan fingerprint density at radius 3 is 1.52 bits per heavy atom. The third-order valence-electron chi connectivity index (χ3n) is 14.9. The van der Waals surface area contributed by atoms with Crippen molar-refractivity contribution in [3.63, 3.8) is 0 Å². The molecule has 1 heterocycles. The number of anilines is 6. The van der Waals surface area contributed by atoms with Crippen molar-refractivity contribution in [3.05, 3.63) is 250 Å². The molecule has 3 aliphatic carbocycles. The summed E-state index contributed by atoms with van der Waals surface area (Å²) >= 11 is 0. The summed E-state index contributed by atoms with van der Waals surface area (Å²) in [6, 6.07) is 74.5. The molecule has 0 saturated carbocycles. The maximum absolute atomic E-state index is 7.43. The van der Waals surface area contributed by atoms with Crippen LogP contribution in [0.25, 0.3) is 55.0 Å². The molecule has 0 atom stereocenters. The Kier molecular flexibility index (Phi) is 7.73. The highest BCUT2D eigenvalue weighted by Crippen LogP contribution is 2.67. The van der Waals surface area contributed by atoms with Crippen molar-refractivity contribution < 1.29 is 4.42 Å². The van der Waals surface area contributed by atoms with Gasteiger partial charge < -0.3 is 14.2 Å². The van der Waals surface area contributed by atoms with Crippen molar-refractivity contribution in [1.29, 1.82) is 0 Å². The molecule has 0 N–H and O–H groups in total. The third-order valence-corrected chi connectivity index (χ3v) is 14.9. The molecule has 312 valence electrons. The first kappa shape index (κ1) is 37.3. The Bertz CT molecular complexity index is 3770. The van der Waals surface area contributed by atoms with Crippen molar-refractivity contribution in [2.75, 3.05) is 9.80 Å². The summed E-state index contributed by atoms with van der Waals surface area (Å²) < 4.78 is 7.43. The van der Waals surface area contributed by atoms with Gasteiger partial charge in [-0.15, -0.1) is 0 Å². The minimum atomic E-state index is -0.691. The van der Waals surface area contributed by atoms with Crippen LogP contribution < -0.4 is 9.80 Å². The molecule has 10 aromatic carbocycles. The topological polar surface area (TPSA) is 19.6 Å². The Morgan fingerprint density at radius 2 is 0.879 bits per heavy atom. The van der Waals surface area contributed by atoms with Crippen LogP contribution in [0.2, 0.25) is 0 Å². The normalized spacial score (nSPS) is 13.4. The molecule has 66 heavy (non-hydrogen) atoms. The van der Waals surface area contributed by atoms with E-state index in [2.05, 4.69) is 231 Å². The summed E-state index contributed by atoms with van der Waals surface area (Å²) in [6.45, 7) is 6.70. The number of nitrogens with zero attached hydrogens (tertiary/aromatic N) is 2. The standard InChI is InChI=1S/C63H44N2O/c1-38-19-4-14-30-52(38)64(53-31-15-5-20-39(53)2)56-36-50-59(45-26-8-7-25-44(45)56)61-51(63(50)48-28-12-9-23-42(48)43-24-10-13-29-49(43)63)37-57(60-46-27-11-17-34-58(46)66-62(60)61)65(54-32-16-6-21-40(54)3)55-33-18-22-41-35-47(41)55/h4-34,36-37H,35H2,1-3H3. The van der Waals surface area contributed by atoms with Gasteiger partial charge in [0.05, 0.1) is 22.2 Å². The highest BCUT2D eigenvalue weighted by atomic mass is 16.3. The largest absolute Gasteiger partial charge is 0.455 e. The average molecular weight is 845 g/mol. The maximum atomic E-state index is 7.43. The van der Waals surface area contributed by atoms with Crippen LogP contribution in [0, 0.1) is 20.8 Å². The molecule has 0 fully saturated rings. The van der Waals surface area contributed by atoms with Gasteiger partial charge in [-0.3, -0.25) is 0 Å². The summed E-state index contributed by atoms with van der Waals surface area (Å²) in [5.74, 6) is 0. The lowest BCUT2D eigenvalue weighted by Crippen LogP contribution is -2.27. The van der Waals surface area contributed by atoms with Crippen LogP contribution in [0.3, 0.4) is 0 Å². The molecule has 0 unspecified atom stereocenters. The Labute approximate surface area is 384 Å². The summed E-state index contributed by atoms with van der Waals surface area (Å²) in [4.78, 5) is 5.07. The van der Waals surface area contributed by atoms with Gasteiger partial charge in [-0.25, -0.2) is 0 Å². The van der Waals surface area contributed by atoms with Gasteiger partial charge >= 0.3 is 0 Å². The fraction of sp³-hybridized carbons (Fsp3) is 0.0794. The monoisotopic (exact) mass is 844 g/mol. The Balaban J connectivity index is 1.20. The van der Waals surface area contributed by atoms with Crippen LogP contribution in [0.5, 0.6) is 0 Å². The molecular weight excluding hydrogens is 801 g/mol. The van der Waals surface area contributed by atoms with E-state index in [4.69, 9.17) is 4.42 Å². The van der Waals surface area contributed by atoms with Crippen molar-refractivity contribution in [1.82, 2.24) is 0 Å². The third kappa shape index (κ3) is 4.92. The molecule has 0 radical (unpaired) electrons. The molecule has 0 saturated heterocycles. The van der Waals surface area contributed by atoms with Gasteiger partial charge in [0.25, 0.3) is 0 Å². The SMILES string of the molecule is Cc1ccccc1N(c1ccccc1C)c1cc2c(c3ccccc13)-c1c(cc(N(c3ccccc3C)c3cccc4c3C4)c3c1oc1ccccc13)C21c2ccccc2-c2ccccc21. The van der Waals surface area contributed by atoms with E-state index in [0.29, 0.717) is 0 Å². The molecule has 0 amide bonds. The molecule has 0 bridgehead atoms. The molecule has 3 heteroatoms. The second-order valence-electron chi connectivity index (χ2n) is 18.4. The van der Waals surface area contributed by atoms with Crippen LogP contribution in [-0.4, -0.2) is 0 Å². The lowest BCUT2D eigenvalue weighted by molar-refractivity contribution is 0.669. The van der Waals surface area contributed by atoms with Crippen LogP contribution in [-0.2, 0) is 11.8 Å². The number of hydrogen-bond donors (Lipinski definition) is 0. The van der Waals surface area contributed by atoms with E-state index < -0.39 is 5.41 Å². The number of furan rings is 1. The predicted molar refractivity (Wildman–Crippen MR) is 274 cm³/mol. The van der Waals surface area contributed by atoms with Crippen molar-refractivity contribution in [2.45, 2.75) is 32.6 Å². The Hall–Kier alpha value is -8.14. The molecule has 1 aromatic heterocycles. The predicted octanol–water partition coefficient (Wildman–Crippen LogP) is 16.9. The van der Waals surface area contributed by atoms with Gasteiger partial charge in [0.15, 0.2) is 0 Å².